The van der Waals surface area contributed by atoms with E-state index < -0.39 is 0 Å². The van der Waals surface area contributed by atoms with Crippen LogP contribution in [0.25, 0.3) is 0 Å². The van der Waals surface area contributed by atoms with Gasteiger partial charge in [0, 0.05) is 23.9 Å². The molecule has 1 saturated heterocycles. The van der Waals surface area contributed by atoms with Gasteiger partial charge in [-0.05, 0) is 36.1 Å². The molecule has 0 saturated carbocycles. The molecule has 0 amide bonds. The Balaban J connectivity index is 1.83. The molecule has 3 rings (SSSR count). The predicted molar refractivity (Wildman–Crippen MR) is 74.4 cm³/mol. The van der Waals surface area contributed by atoms with Crippen molar-refractivity contribution in [1.29, 1.82) is 0 Å². The number of nitrogens with two attached hydrogens (primary N) is 1. The Morgan fingerprint density at radius 2 is 2.33 bits per heavy atom. The molecule has 1 aromatic rings. The van der Waals surface area contributed by atoms with E-state index in [-0.39, 0.29) is 12.1 Å². The van der Waals surface area contributed by atoms with E-state index in [1.807, 2.05) is 30.0 Å². The van der Waals surface area contributed by atoms with Gasteiger partial charge >= 0.3 is 0 Å². The van der Waals surface area contributed by atoms with Crippen LogP contribution in [0.4, 0.5) is 0 Å². The van der Waals surface area contributed by atoms with Crippen LogP contribution >= 0.6 is 11.8 Å². The van der Waals surface area contributed by atoms with Crippen LogP contribution < -0.4 is 15.2 Å². The Bertz CT molecular complexity index is 432. The lowest BCUT2D eigenvalue weighted by Crippen LogP contribution is -2.35. The summed E-state index contributed by atoms with van der Waals surface area (Å²) < 4.78 is 11.4. The van der Waals surface area contributed by atoms with E-state index in [1.165, 1.54) is 17.9 Å². The van der Waals surface area contributed by atoms with Crippen LogP contribution in [0.5, 0.6) is 11.5 Å². The van der Waals surface area contributed by atoms with E-state index in [9.17, 15) is 0 Å². The van der Waals surface area contributed by atoms with Crippen molar-refractivity contribution in [2.75, 3.05) is 18.6 Å². The molecule has 1 aromatic carbocycles. The second-order valence-electron chi connectivity index (χ2n) is 5.03. The second-order valence-corrected chi connectivity index (χ2v) is 6.18. The molecule has 2 aliphatic heterocycles. The summed E-state index contributed by atoms with van der Waals surface area (Å²) in [6, 6.07) is 6.00. The molecule has 2 unspecified atom stereocenters. The van der Waals surface area contributed by atoms with Crippen molar-refractivity contribution in [2.45, 2.75) is 25.0 Å². The van der Waals surface area contributed by atoms with Crippen molar-refractivity contribution in [3.8, 4) is 11.5 Å². The molecular formula is C14H19NO2S. The fourth-order valence-electron chi connectivity index (χ4n) is 2.77. The van der Waals surface area contributed by atoms with Gasteiger partial charge in [0.15, 0.2) is 0 Å². The van der Waals surface area contributed by atoms with Gasteiger partial charge in [-0.2, -0.15) is 11.8 Å². The van der Waals surface area contributed by atoms with Crippen molar-refractivity contribution in [3.05, 3.63) is 23.8 Å². The molecule has 2 N–H and O–H groups in total. The summed E-state index contributed by atoms with van der Waals surface area (Å²) >= 11 is 2.02. The monoisotopic (exact) mass is 265 g/mol. The SMILES string of the molecule is COc1ccc2c(c1)[C@H](N)CC(C1CCSC1)O2. The van der Waals surface area contributed by atoms with Crippen molar-refractivity contribution in [2.24, 2.45) is 11.7 Å². The molecule has 18 heavy (non-hydrogen) atoms. The fourth-order valence-corrected chi connectivity index (χ4v) is 4.09. The van der Waals surface area contributed by atoms with Gasteiger partial charge in [0.2, 0.25) is 0 Å². The first-order chi connectivity index (χ1) is 8.78. The number of fused-ring (bicyclic) bond motifs is 1. The van der Waals surface area contributed by atoms with Crippen LogP contribution in [0.2, 0.25) is 0 Å². The van der Waals surface area contributed by atoms with Crippen LogP contribution in [0.3, 0.4) is 0 Å². The zero-order valence-electron chi connectivity index (χ0n) is 10.6. The van der Waals surface area contributed by atoms with Crippen LogP contribution in [0, 0.1) is 5.92 Å². The van der Waals surface area contributed by atoms with Gasteiger partial charge in [-0.1, -0.05) is 0 Å². The molecule has 3 atom stereocenters. The highest BCUT2D eigenvalue weighted by molar-refractivity contribution is 7.99. The minimum atomic E-state index is 0.0689. The molecule has 4 heteroatoms. The maximum atomic E-state index is 6.29. The van der Waals surface area contributed by atoms with E-state index in [4.69, 9.17) is 15.2 Å². The molecule has 98 valence electrons. The fraction of sp³-hybridized carbons (Fsp3) is 0.571. The number of rotatable bonds is 2. The third kappa shape index (κ3) is 2.19. The van der Waals surface area contributed by atoms with E-state index in [1.54, 1.807) is 7.11 Å². The maximum Gasteiger partial charge on any atom is 0.124 e. The maximum absolute atomic E-state index is 6.29. The minimum Gasteiger partial charge on any atom is -0.497 e. The molecule has 0 spiro atoms. The first-order valence-electron chi connectivity index (χ1n) is 6.46. The lowest BCUT2D eigenvalue weighted by Gasteiger charge is -2.33. The molecule has 3 nitrogen and oxygen atoms in total. The number of benzene rings is 1. The third-order valence-electron chi connectivity index (χ3n) is 3.87. The molecule has 0 aromatic heterocycles. The van der Waals surface area contributed by atoms with Crippen LogP contribution in [-0.4, -0.2) is 24.7 Å². The summed E-state index contributed by atoms with van der Waals surface area (Å²) in [5, 5.41) is 0. The largest absolute Gasteiger partial charge is 0.497 e. The number of hydrogen-bond donors (Lipinski definition) is 1. The standard InChI is InChI=1S/C14H19NO2S/c1-16-10-2-3-13-11(6-10)12(15)7-14(17-13)9-4-5-18-8-9/h2-3,6,9,12,14H,4-5,7-8,15H2,1H3/t9?,12-,14?/m1/s1. The predicted octanol–water partition coefficient (Wildman–Crippen LogP) is 2.60. The average Bonchev–Trinajstić information content (AvgIpc) is 2.92. The van der Waals surface area contributed by atoms with Gasteiger partial charge < -0.3 is 15.2 Å². The van der Waals surface area contributed by atoms with Gasteiger partial charge in [-0.3, -0.25) is 0 Å². The summed E-state index contributed by atoms with van der Waals surface area (Å²) in [7, 11) is 1.68. The quantitative estimate of drug-likeness (QED) is 0.892. The number of hydrogen-bond acceptors (Lipinski definition) is 4. The normalized spacial score (nSPS) is 30.7. The first-order valence-corrected chi connectivity index (χ1v) is 7.61. The summed E-state index contributed by atoms with van der Waals surface area (Å²) in [5.74, 6) is 4.92. The highest BCUT2D eigenvalue weighted by atomic mass is 32.2. The first kappa shape index (κ1) is 12.2. The number of ether oxygens (including phenoxy) is 2. The van der Waals surface area contributed by atoms with Crippen LogP contribution in [0.15, 0.2) is 18.2 Å². The summed E-state index contributed by atoms with van der Waals surface area (Å²) in [6.45, 7) is 0. The van der Waals surface area contributed by atoms with Crippen LogP contribution in [0.1, 0.15) is 24.4 Å². The number of thioether (sulfide) groups is 1. The van der Waals surface area contributed by atoms with Gasteiger partial charge in [-0.15, -0.1) is 0 Å². The Morgan fingerprint density at radius 3 is 3.06 bits per heavy atom. The Kier molecular flexibility index (Phi) is 3.39. The van der Waals surface area contributed by atoms with Crippen molar-refractivity contribution in [1.82, 2.24) is 0 Å². The Morgan fingerprint density at radius 1 is 1.44 bits per heavy atom. The highest BCUT2D eigenvalue weighted by Gasteiger charge is 2.33. The van der Waals surface area contributed by atoms with E-state index in [0.717, 1.165) is 23.5 Å². The summed E-state index contributed by atoms with van der Waals surface area (Å²) in [5.41, 5.74) is 7.37. The molecule has 2 heterocycles. The van der Waals surface area contributed by atoms with Crippen molar-refractivity contribution < 1.29 is 9.47 Å². The molecule has 0 radical (unpaired) electrons. The zero-order valence-corrected chi connectivity index (χ0v) is 11.4. The van der Waals surface area contributed by atoms with Gasteiger partial charge in [-0.25, -0.2) is 0 Å². The smallest absolute Gasteiger partial charge is 0.124 e. The van der Waals surface area contributed by atoms with E-state index in [0.29, 0.717) is 5.92 Å². The van der Waals surface area contributed by atoms with E-state index in [2.05, 4.69) is 0 Å². The van der Waals surface area contributed by atoms with Crippen molar-refractivity contribution in [3.63, 3.8) is 0 Å². The molecular weight excluding hydrogens is 246 g/mol. The number of methoxy groups -OCH3 is 1. The molecule has 1 fully saturated rings. The highest BCUT2D eigenvalue weighted by Crippen LogP contribution is 2.40. The molecule has 0 aliphatic carbocycles. The zero-order chi connectivity index (χ0) is 12.5. The lowest BCUT2D eigenvalue weighted by molar-refractivity contribution is 0.110. The summed E-state index contributed by atoms with van der Waals surface area (Å²) in [4.78, 5) is 0. The van der Waals surface area contributed by atoms with E-state index >= 15 is 0 Å². The summed E-state index contributed by atoms with van der Waals surface area (Å²) in [6.07, 6.45) is 2.47. The van der Waals surface area contributed by atoms with Crippen LogP contribution in [-0.2, 0) is 0 Å². The second kappa shape index (κ2) is 5.02. The topological polar surface area (TPSA) is 44.5 Å². The van der Waals surface area contributed by atoms with Crippen molar-refractivity contribution >= 4 is 11.8 Å². The average molecular weight is 265 g/mol. The Hall–Kier alpha value is -0.870. The third-order valence-corrected chi connectivity index (χ3v) is 5.06. The molecule has 0 bridgehead atoms. The van der Waals surface area contributed by atoms with Gasteiger partial charge in [0.05, 0.1) is 7.11 Å². The van der Waals surface area contributed by atoms with Gasteiger partial charge in [0.25, 0.3) is 0 Å². The minimum absolute atomic E-state index is 0.0689. The Labute approximate surface area is 112 Å². The molecule has 2 aliphatic rings. The van der Waals surface area contributed by atoms with Gasteiger partial charge in [0.1, 0.15) is 17.6 Å². The lowest BCUT2D eigenvalue weighted by atomic mass is 9.90.